The van der Waals surface area contributed by atoms with Gasteiger partial charge >= 0.3 is 6.03 Å². The average Bonchev–Trinajstić information content (AvgIpc) is 2.30. The summed E-state index contributed by atoms with van der Waals surface area (Å²) in [5.74, 6) is 0.344. The average molecular weight is 203 g/mol. The van der Waals surface area contributed by atoms with E-state index >= 15 is 0 Å². The molecular weight excluding hydrogens is 194 g/mol. The van der Waals surface area contributed by atoms with Crippen molar-refractivity contribution in [2.24, 2.45) is 10.8 Å². The lowest BCUT2D eigenvalue weighted by molar-refractivity contribution is 0.221. The van der Waals surface area contributed by atoms with Gasteiger partial charge in [-0.2, -0.15) is 5.01 Å². The van der Waals surface area contributed by atoms with Crippen molar-refractivity contribution in [1.29, 1.82) is 0 Å². The van der Waals surface area contributed by atoms with Crippen molar-refractivity contribution in [2.75, 3.05) is 0 Å². The minimum Gasteiger partial charge on any atom is -0.443 e. The van der Waals surface area contributed by atoms with Crippen LogP contribution in [0.1, 0.15) is 5.56 Å². The lowest BCUT2D eigenvalue weighted by Crippen LogP contribution is -2.30. The summed E-state index contributed by atoms with van der Waals surface area (Å²) in [5.41, 5.74) is 5.87. The lowest BCUT2D eigenvalue weighted by Gasteiger charge is -2.15. The van der Waals surface area contributed by atoms with Gasteiger partial charge in [0.25, 0.3) is 0 Å². The zero-order valence-electron chi connectivity index (χ0n) is 7.83. The quantitative estimate of drug-likeness (QED) is 0.745. The van der Waals surface area contributed by atoms with Crippen LogP contribution in [0.4, 0.5) is 4.79 Å². The summed E-state index contributed by atoms with van der Waals surface area (Å²) >= 11 is 0. The van der Waals surface area contributed by atoms with Crippen molar-refractivity contribution in [2.45, 2.75) is 0 Å². The van der Waals surface area contributed by atoms with Crippen molar-refractivity contribution in [3.05, 3.63) is 48.4 Å². The maximum absolute atomic E-state index is 10.9. The molecule has 0 fully saturated rings. The van der Waals surface area contributed by atoms with Crippen LogP contribution in [-0.2, 0) is 4.74 Å². The summed E-state index contributed by atoms with van der Waals surface area (Å²) in [7, 11) is 0. The maximum atomic E-state index is 10.9. The number of rotatable bonds is 1. The third-order valence-electron chi connectivity index (χ3n) is 1.83. The van der Waals surface area contributed by atoms with E-state index in [1.807, 2.05) is 30.3 Å². The summed E-state index contributed by atoms with van der Waals surface area (Å²) in [6.07, 6.45) is 2.72. The topological polar surface area (TPSA) is 67.9 Å². The Bertz CT molecular complexity index is 426. The summed E-state index contributed by atoms with van der Waals surface area (Å²) in [6.45, 7) is 0. The van der Waals surface area contributed by atoms with Crippen LogP contribution < -0.4 is 5.73 Å². The highest BCUT2D eigenvalue weighted by atomic mass is 16.5. The van der Waals surface area contributed by atoms with E-state index in [0.717, 1.165) is 10.6 Å². The van der Waals surface area contributed by atoms with Gasteiger partial charge in [-0.05, 0) is 12.1 Å². The fourth-order valence-corrected chi connectivity index (χ4v) is 1.14. The zero-order chi connectivity index (χ0) is 10.7. The van der Waals surface area contributed by atoms with E-state index in [1.165, 1.54) is 12.5 Å². The van der Waals surface area contributed by atoms with Gasteiger partial charge in [0.1, 0.15) is 6.26 Å². The SMILES string of the molecule is NC(=O)N1C=COC(c2ccccc2)=N1. The van der Waals surface area contributed by atoms with E-state index in [4.69, 9.17) is 10.5 Å². The third-order valence-corrected chi connectivity index (χ3v) is 1.83. The maximum Gasteiger partial charge on any atom is 0.339 e. The molecule has 1 aromatic rings. The molecule has 0 spiro atoms. The van der Waals surface area contributed by atoms with Crippen LogP contribution in [0.3, 0.4) is 0 Å². The molecular formula is C10H9N3O2. The van der Waals surface area contributed by atoms with Crippen LogP contribution in [0.15, 0.2) is 47.9 Å². The van der Waals surface area contributed by atoms with Gasteiger partial charge in [-0.25, -0.2) is 4.79 Å². The molecule has 76 valence electrons. The molecule has 5 nitrogen and oxygen atoms in total. The van der Waals surface area contributed by atoms with Crippen molar-refractivity contribution in [3.8, 4) is 0 Å². The van der Waals surface area contributed by atoms with Gasteiger partial charge in [0.15, 0.2) is 0 Å². The molecule has 1 aliphatic rings. The van der Waals surface area contributed by atoms with Crippen LogP contribution >= 0.6 is 0 Å². The number of nitrogens with two attached hydrogens (primary N) is 1. The van der Waals surface area contributed by atoms with Gasteiger partial charge in [0.05, 0.1) is 6.20 Å². The molecule has 15 heavy (non-hydrogen) atoms. The molecule has 0 bridgehead atoms. The fraction of sp³-hybridized carbons (Fsp3) is 0. The molecule has 0 atom stereocenters. The number of hydrogen-bond donors (Lipinski definition) is 1. The molecule has 1 aliphatic heterocycles. The molecule has 1 aromatic carbocycles. The van der Waals surface area contributed by atoms with E-state index in [0.29, 0.717) is 5.90 Å². The standard InChI is InChI=1S/C10H9N3O2/c11-10(14)13-6-7-15-9(12-13)8-4-2-1-3-5-8/h1-7H,(H2,11,14). The molecule has 0 saturated heterocycles. The van der Waals surface area contributed by atoms with E-state index < -0.39 is 6.03 Å². The zero-order valence-corrected chi connectivity index (χ0v) is 7.83. The largest absolute Gasteiger partial charge is 0.443 e. The first-order valence-electron chi connectivity index (χ1n) is 4.33. The summed E-state index contributed by atoms with van der Waals surface area (Å²) in [4.78, 5) is 10.9. The first kappa shape index (κ1) is 9.26. The highest BCUT2D eigenvalue weighted by Crippen LogP contribution is 2.09. The number of amides is 2. The van der Waals surface area contributed by atoms with Crippen molar-refractivity contribution < 1.29 is 9.53 Å². The van der Waals surface area contributed by atoms with Crippen LogP contribution in [-0.4, -0.2) is 16.9 Å². The number of nitrogens with zero attached hydrogens (tertiary/aromatic N) is 2. The fourth-order valence-electron chi connectivity index (χ4n) is 1.14. The van der Waals surface area contributed by atoms with Crippen molar-refractivity contribution in [1.82, 2.24) is 5.01 Å². The molecule has 0 radical (unpaired) electrons. The Kier molecular flexibility index (Phi) is 2.37. The van der Waals surface area contributed by atoms with Crippen LogP contribution in [0.25, 0.3) is 0 Å². The lowest BCUT2D eigenvalue weighted by atomic mass is 10.2. The van der Waals surface area contributed by atoms with Gasteiger partial charge in [-0.15, -0.1) is 5.10 Å². The van der Waals surface area contributed by atoms with Gasteiger partial charge < -0.3 is 10.5 Å². The van der Waals surface area contributed by atoms with E-state index in [1.54, 1.807) is 0 Å². The molecule has 1 heterocycles. The monoisotopic (exact) mass is 203 g/mol. The molecule has 5 heteroatoms. The second-order valence-corrected chi connectivity index (χ2v) is 2.86. The summed E-state index contributed by atoms with van der Waals surface area (Å²) in [6, 6.07) is 8.61. The molecule has 0 aromatic heterocycles. The highest BCUT2D eigenvalue weighted by molar-refractivity contribution is 5.95. The minimum absolute atomic E-state index is 0.344. The van der Waals surface area contributed by atoms with Crippen molar-refractivity contribution in [3.63, 3.8) is 0 Å². The second kappa shape index (κ2) is 3.83. The van der Waals surface area contributed by atoms with E-state index in [-0.39, 0.29) is 0 Å². The molecule has 0 unspecified atom stereocenters. The van der Waals surface area contributed by atoms with Gasteiger partial charge in [0, 0.05) is 5.56 Å². The Balaban J connectivity index is 2.28. The Morgan fingerprint density at radius 1 is 1.33 bits per heavy atom. The number of hydrazone groups is 1. The Morgan fingerprint density at radius 2 is 2.07 bits per heavy atom. The normalized spacial score (nSPS) is 14.4. The van der Waals surface area contributed by atoms with Crippen LogP contribution in [0, 0.1) is 0 Å². The number of carbonyl (C=O) groups excluding carboxylic acids is 1. The van der Waals surface area contributed by atoms with Gasteiger partial charge in [-0.3, -0.25) is 0 Å². The summed E-state index contributed by atoms with van der Waals surface area (Å²) < 4.78 is 5.16. The Labute approximate surface area is 86.4 Å². The second-order valence-electron chi connectivity index (χ2n) is 2.86. The predicted molar refractivity (Wildman–Crippen MR) is 54.6 cm³/mol. The molecule has 2 rings (SSSR count). The van der Waals surface area contributed by atoms with E-state index in [9.17, 15) is 4.79 Å². The molecule has 0 saturated carbocycles. The molecule has 0 aliphatic carbocycles. The number of urea groups is 1. The van der Waals surface area contributed by atoms with Gasteiger partial charge in [0.2, 0.25) is 5.90 Å². The number of benzene rings is 1. The third kappa shape index (κ3) is 1.96. The number of hydrogen-bond acceptors (Lipinski definition) is 3. The molecule has 2 amide bonds. The number of ether oxygens (including phenoxy) is 1. The molecule has 2 N–H and O–H groups in total. The smallest absolute Gasteiger partial charge is 0.339 e. The Hall–Kier alpha value is -2.30. The van der Waals surface area contributed by atoms with Gasteiger partial charge in [-0.1, -0.05) is 18.2 Å². The highest BCUT2D eigenvalue weighted by Gasteiger charge is 2.13. The summed E-state index contributed by atoms with van der Waals surface area (Å²) in [5, 5.41) is 4.94. The van der Waals surface area contributed by atoms with E-state index in [2.05, 4.69) is 5.10 Å². The predicted octanol–water partition coefficient (Wildman–Crippen LogP) is 1.23. The number of primary amides is 1. The van der Waals surface area contributed by atoms with Crippen molar-refractivity contribution >= 4 is 11.9 Å². The Morgan fingerprint density at radius 3 is 2.73 bits per heavy atom. The minimum atomic E-state index is -0.650. The number of carbonyl (C=O) groups is 1. The first-order chi connectivity index (χ1) is 7.27. The van der Waals surface area contributed by atoms with Crippen LogP contribution in [0.2, 0.25) is 0 Å². The first-order valence-corrected chi connectivity index (χ1v) is 4.33. The van der Waals surface area contributed by atoms with Crippen LogP contribution in [0.5, 0.6) is 0 Å².